The van der Waals surface area contributed by atoms with Crippen molar-refractivity contribution in [3.05, 3.63) is 70.7 Å². The van der Waals surface area contributed by atoms with Crippen LogP contribution in [0.5, 0.6) is 11.5 Å². The largest absolute Gasteiger partial charge is 0.504 e. The lowest BCUT2D eigenvalue weighted by Crippen LogP contribution is -1.90. The fraction of sp³-hybridized carbons (Fsp3) is 0.200. The average molecular weight is 435 g/mol. The number of phenolic OH excluding ortho intramolecular Hbond substituents is 1. The van der Waals surface area contributed by atoms with Gasteiger partial charge in [-0.15, -0.1) is 0 Å². The van der Waals surface area contributed by atoms with E-state index in [4.69, 9.17) is 20.8 Å². The van der Waals surface area contributed by atoms with Gasteiger partial charge in [0.15, 0.2) is 17.1 Å². The van der Waals surface area contributed by atoms with Crippen LogP contribution in [0.3, 0.4) is 0 Å². The van der Waals surface area contributed by atoms with E-state index in [2.05, 4.69) is 36.0 Å². The second-order valence-corrected chi connectivity index (χ2v) is 7.85. The average Bonchev–Trinajstić information content (AvgIpc) is 3.22. The number of phenols is 1. The van der Waals surface area contributed by atoms with E-state index in [1.54, 1.807) is 18.3 Å². The zero-order valence-electron chi connectivity index (χ0n) is 17.6. The molecule has 3 aromatic carbocycles. The third-order valence-electron chi connectivity index (χ3n) is 5.33. The van der Waals surface area contributed by atoms with Gasteiger partial charge in [0.05, 0.1) is 12.8 Å². The third-order valence-corrected chi connectivity index (χ3v) is 5.55. The fourth-order valence-corrected chi connectivity index (χ4v) is 3.54. The van der Waals surface area contributed by atoms with Gasteiger partial charge in [-0.3, -0.25) is 4.99 Å². The highest BCUT2D eigenvalue weighted by atomic mass is 35.5. The zero-order valence-corrected chi connectivity index (χ0v) is 18.3. The van der Waals surface area contributed by atoms with Gasteiger partial charge in [-0.2, -0.15) is 0 Å². The van der Waals surface area contributed by atoms with Crippen LogP contribution < -0.4 is 4.74 Å². The Kier molecular flexibility index (Phi) is 5.96. The van der Waals surface area contributed by atoms with E-state index in [-0.39, 0.29) is 5.75 Å². The van der Waals surface area contributed by atoms with Gasteiger partial charge < -0.3 is 14.3 Å². The monoisotopic (exact) mass is 434 g/mol. The van der Waals surface area contributed by atoms with E-state index in [0.29, 0.717) is 33.8 Å². The summed E-state index contributed by atoms with van der Waals surface area (Å²) in [5.41, 5.74) is 4.84. The van der Waals surface area contributed by atoms with Crippen LogP contribution in [-0.2, 0) is 0 Å². The molecule has 1 atom stereocenters. The molecule has 0 saturated heterocycles. The van der Waals surface area contributed by atoms with Crippen molar-refractivity contribution >= 4 is 34.6 Å². The summed E-state index contributed by atoms with van der Waals surface area (Å²) >= 11 is 6.09. The SMILES string of the molecule is CC[C@H](C)c1ccc2oc(-c3cccc(N=Cc4cc(Cl)cc(OC)c4O)c3)nc2c1. The van der Waals surface area contributed by atoms with E-state index >= 15 is 0 Å². The van der Waals surface area contributed by atoms with Crippen LogP contribution in [0.2, 0.25) is 5.02 Å². The number of hydrogen-bond acceptors (Lipinski definition) is 5. The van der Waals surface area contributed by atoms with Gasteiger partial charge in [0.25, 0.3) is 0 Å². The molecule has 0 aliphatic rings. The molecule has 4 rings (SSSR count). The Labute approximate surface area is 186 Å². The van der Waals surface area contributed by atoms with E-state index in [9.17, 15) is 5.11 Å². The summed E-state index contributed by atoms with van der Waals surface area (Å²) < 4.78 is 11.1. The van der Waals surface area contributed by atoms with Crippen LogP contribution in [0.4, 0.5) is 5.69 Å². The predicted octanol–water partition coefficient (Wildman–Crippen LogP) is 7.13. The molecule has 0 spiro atoms. The van der Waals surface area contributed by atoms with Crippen molar-refractivity contribution in [1.29, 1.82) is 0 Å². The van der Waals surface area contributed by atoms with Gasteiger partial charge in [-0.25, -0.2) is 4.98 Å². The number of oxazole rings is 1. The standard InChI is InChI=1S/C25H23ClN2O3/c1-4-15(2)16-8-9-22-21(12-16)28-25(31-22)17-6-5-7-20(11-17)27-14-18-10-19(26)13-23(30-3)24(18)29/h5-15,29H,4H2,1-3H3/t15-/m0/s1. The molecule has 0 amide bonds. The molecular weight excluding hydrogens is 412 g/mol. The molecule has 0 bridgehead atoms. The number of aromatic nitrogens is 1. The minimum Gasteiger partial charge on any atom is -0.504 e. The number of fused-ring (bicyclic) bond motifs is 1. The van der Waals surface area contributed by atoms with E-state index in [1.165, 1.54) is 12.7 Å². The van der Waals surface area contributed by atoms with Crippen molar-refractivity contribution in [3.8, 4) is 23.0 Å². The smallest absolute Gasteiger partial charge is 0.227 e. The Morgan fingerprint density at radius 2 is 2.03 bits per heavy atom. The maximum absolute atomic E-state index is 10.3. The lowest BCUT2D eigenvalue weighted by molar-refractivity contribution is 0.373. The highest BCUT2D eigenvalue weighted by molar-refractivity contribution is 6.31. The van der Waals surface area contributed by atoms with Gasteiger partial charge in [0.2, 0.25) is 5.89 Å². The topological polar surface area (TPSA) is 67.9 Å². The summed E-state index contributed by atoms with van der Waals surface area (Å²) in [6.45, 7) is 4.38. The Bertz CT molecular complexity index is 1260. The molecule has 0 aliphatic heterocycles. The van der Waals surface area contributed by atoms with Crippen LogP contribution in [-0.4, -0.2) is 23.4 Å². The molecule has 4 aromatic rings. The van der Waals surface area contributed by atoms with Gasteiger partial charge in [0.1, 0.15) is 5.52 Å². The molecule has 1 N–H and O–H groups in total. The molecule has 31 heavy (non-hydrogen) atoms. The number of methoxy groups -OCH3 is 1. The molecule has 158 valence electrons. The second kappa shape index (κ2) is 8.82. The Morgan fingerprint density at radius 3 is 2.81 bits per heavy atom. The normalized spacial score (nSPS) is 12.5. The first-order valence-corrected chi connectivity index (χ1v) is 10.5. The van der Waals surface area contributed by atoms with Crippen molar-refractivity contribution in [3.63, 3.8) is 0 Å². The molecule has 5 nitrogen and oxygen atoms in total. The molecule has 1 heterocycles. The molecule has 0 aliphatic carbocycles. The number of ether oxygens (including phenoxy) is 1. The van der Waals surface area contributed by atoms with E-state index in [1.807, 2.05) is 30.3 Å². The van der Waals surface area contributed by atoms with Crippen LogP contribution >= 0.6 is 11.6 Å². The maximum atomic E-state index is 10.3. The molecule has 0 saturated carbocycles. The van der Waals surface area contributed by atoms with Crippen LogP contribution in [0.1, 0.15) is 37.3 Å². The summed E-state index contributed by atoms with van der Waals surface area (Å²) in [6.07, 6.45) is 2.62. The molecular formula is C25H23ClN2O3. The van der Waals surface area contributed by atoms with Gasteiger partial charge >= 0.3 is 0 Å². The molecule has 0 fully saturated rings. The van der Waals surface area contributed by atoms with Crippen LogP contribution in [0.25, 0.3) is 22.6 Å². The first kappa shape index (κ1) is 20.9. The number of halogens is 1. The molecule has 0 unspecified atom stereocenters. The maximum Gasteiger partial charge on any atom is 0.227 e. The highest BCUT2D eigenvalue weighted by Crippen LogP contribution is 2.33. The van der Waals surface area contributed by atoms with Crippen molar-refractivity contribution < 1.29 is 14.3 Å². The van der Waals surface area contributed by atoms with Crippen molar-refractivity contribution in [1.82, 2.24) is 4.98 Å². The Hall–Kier alpha value is -3.31. The number of benzene rings is 3. The van der Waals surface area contributed by atoms with E-state index < -0.39 is 0 Å². The molecule has 1 aromatic heterocycles. The number of rotatable bonds is 6. The predicted molar refractivity (Wildman–Crippen MR) is 125 cm³/mol. The van der Waals surface area contributed by atoms with Gasteiger partial charge in [0, 0.05) is 28.4 Å². The molecule has 0 radical (unpaired) electrons. The Balaban J connectivity index is 1.65. The quantitative estimate of drug-likeness (QED) is 0.328. The third kappa shape index (κ3) is 4.42. The summed E-state index contributed by atoms with van der Waals surface area (Å²) in [4.78, 5) is 9.15. The minimum absolute atomic E-state index is 0.0112. The number of nitrogens with zero attached hydrogens (tertiary/aromatic N) is 2. The first-order valence-electron chi connectivity index (χ1n) is 10.1. The number of hydrogen-bond donors (Lipinski definition) is 1. The van der Waals surface area contributed by atoms with Crippen LogP contribution in [0, 0.1) is 0 Å². The van der Waals surface area contributed by atoms with E-state index in [0.717, 1.165) is 23.1 Å². The van der Waals surface area contributed by atoms with Crippen molar-refractivity contribution in [2.75, 3.05) is 7.11 Å². The van der Waals surface area contributed by atoms with Crippen LogP contribution in [0.15, 0.2) is 64.0 Å². The summed E-state index contributed by atoms with van der Waals surface area (Å²) in [6, 6.07) is 16.9. The lowest BCUT2D eigenvalue weighted by Gasteiger charge is -2.07. The van der Waals surface area contributed by atoms with Gasteiger partial charge in [-0.05, 0) is 54.3 Å². The highest BCUT2D eigenvalue weighted by Gasteiger charge is 2.12. The van der Waals surface area contributed by atoms with Crippen molar-refractivity contribution in [2.45, 2.75) is 26.2 Å². The number of aromatic hydroxyl groups is 1. The first-order chi connectivity index (χ1) is 15.0. The van der Waals surface area contributed by atoms with Gasteiger partial charge in [-0.1, -0.05) is 37.6 Å². The summed E-state index contributed by atoms with van der Waals surface area (Å²) in [7, 11) is 1.47. The molecule has 6 heteroatoms. The fourth-order valence-electron chi connectivity index (χ4n) is 3.32. The van der Waals surface area contributed by atoms with Crippen molar-refractivity contribution in [2.24, 2.45) is 4.99 Å². The Morgan fingerprint density at radius 1 is 1.19 bits per heavy atom. The minimum atomic E-state index is -0.0112. The summed E-state index contributed by atoms with van der Waals surface area (Å²) in [5, 5.41) is 10.7. The summed E-state index contributed by atoms with van der Waals surface area (Å²) in [5.74, 6) is 1.30. The second-order valence-electron chi connectivity index (χ2n) is 7.41. The number of aliphatic imine (C=N–C) groups is 1. The zero-order chi connectivity index (χ0) is 22.0. The lowest BCUT2D eigenvalue weighted by atomic mass is 9.98.